The minimum atomic E-state index is -0.574. The van der Waals surface area contributed by atoms with E-state index in [4.69, 9.17) is 0 Å². The summed E-state index contributed by atoms with van der Waals surface area (Å²) in [7, 11) is 0. The summed E-state index contributed by atoms with van der Waals surface area (Å²) in [6.45, 7) is 11.0. The van der Waals surface area contributed by atoms with E-state index in [1.165, 1.54) is 12.0 Å². The third-order valence-corrected chi connectivity index (χ3v) is 6.68. The first kappa shape index (κ1) is 22.5. The van der Waals surface area contributed by atoms with Crippen molar-refractivity contribution in [3.05, 3.63) is 70.8 Å². The first-order valence-corrected chi connectivity index (χ1v) is 11.9. The summed E-state index contributed by atoms with van der Waals surface area (Å²) >= 11 is 0. The Balaban J connectivity index is 1.40. The van der Waals surface area contributed by atoms with E-state index >= 15 is 0 Å². The Hall–Kier alpha value is -2.66. The van der Waals surface area contributed by atoms with Gasteiger partial charge in [-0.15, -0.1) is 0 Å². The van der Waals surface area contributed by atoms with Gasteiger partial charge in [0.25, 0.3) is 5.91 Å². The van der Waals surface area contributed by atoms with Crippen molar-refractivity contribution in [1.29, 1.82) is 0 Å². The molecule has 4 rings (SSSR count). The normalized spacial score (nSPS) is 23.3. The summed E-state index contributed by atoms with van der Waals surface area (Å²) < 4.78 is 0. The zero-order chi connectivity index (χ0) is 22.7. The third kappa shape index (κ3) is 5.04. The molecule has 2 aliphatic heterocycles. The second kappa shape index (κ2) is 9.86. The lowest BCUT2D eigenvalue weighted by Crippen LogP contribution is -2.41. The molecule has 32 heavy (non-hydrogen) atoms. The summed E-state index contributed by atoms with van der Waals surface area (Å²) in [4.78, 5) is 30.6. The van der Waals surface area contributed by atoms with Crippen LogP contribution in [0.2, 0.25) is 0 Å². The molecular formula is C27H35N3O2. The number of hydrogen-bond acceptors (Lipinski definition) is 3. The molecular weight excluding hydrogens is 398 g/mol. The van der Waals surface area contributed by atoms with Crippen molar-refractivity contribution in [2.75, 3.05) is 26.2 Å². The van der Waals surface area contributed by atoms with Crippen LogP contribution in [0, 0.1) is 18.8 Å². The molecule has 0 aromatic heterocycles. The van der Waals surface area contributed by atoms with Crippen molar-refractivity contribution in [2.24, 2.45) is 11.8 Å². The van der Waals surface area contributed by atoms with Crippen molar-refractivity contribution in [1.82, 2.24) is 15.1 Å². The summed E-state index contributed by atoms with van der Waals surface area (Å²) in [6.07, 6.45) is 2.23. The van der Waals surface area contributed by atoms with E-state index in [9.17, 15) is 9.59 Å². The van der Waals surface area contributed by atoms with Gasteiger partial charge in [-0.2, -0.15) is 0 Å². The Bertz CT molecular complexity index is 946. The van der Waals surface area contributed by atoms with Crippen LogP contribution in [0.25, 0.3) is 0 Å². The van der Waals surface area contributed by atoms with Crippen molar-refractivity contribution >= 4 is 11.8 Å². The molecule has 0 unspecified atom stereocenters. The highest BCUT2D eigenvalue weighted by atomic mass is 16.2. The summed E-state index contributed by atoms with van der Waals surface area (Å²) in [5.74, 6) is 1.32. The maximum absolute atomic E-state index is 13.2. The van der Waals surface area contributed by atoms with Crippen LogP contribution in [0.1, 0.15) is 59.8 Å². The number of likely N-dealkylation sites (tertiary alicyclic amines) is 1. The number of fused-ring (bicyclic) bond motifs is 1. The molecule has 5 heteroatoms. The molecule has 0 radical (unpaired) electrons. The van der Waals surface area contributed by atoms with Crippen LogP contribution < -0.4 is 5.32 Å². The lowest BCUT2D eigenvalue weighted by Gasteiger charge is -2.35. The minimum absolute atomic E-state index is 0.0717. The second-order valence-corrected chi connectivity index (χ2v) is 9.76. The molecule has 2 aromatic rings. The summed E-state index contributed by atoms with van der Waals surface area (Å²) in [6, 6.07) is 15.1. The van der Waals surface area contributed by atoms with Gasteiger partial charge in [-0.25, -0.2) is 0 Å². The van der Waals surface area contributed by atoms with E-state index in [2.05, 4.69) is 24.1 Å². The molecule has 1 N–H and O–H groups in total. The molecule has 2 aliphatic rings. The number of hydrogen-bond donors (Lipinski definition) is 1. The number of amides is 2. The predicted molar refractivity (Wildman–Crippen MR) is 127 cm³/mol. The fourth-order valence-electron chi connectivity index (χ4n) is 5.29. The zero-order valence-corrected chi connectivity index (χ0v) is 19.5. The average molecular weight is 434 g/mol. The monoisotopic (exact) mass is 433 g/mol. The maximum Gasteiger partial charge on any atom is 0.255 e. The van der Waals surface area contributed by atoms with Crippen molar-refractivity contribution < 1.29 is 9.59 Å². The number of piperidine rings is 1. The molecule has 0 spiro atoms. The van der Waals surface area contributed by atoms with Crippen LogP contribution in [-0.4, -0.2) is 47.8 Å². The number of benzene rings is 2. The lowest BCUT2D eigenvalue weighted by molar-refractivity contribution is -0.125. The average Bonchev–Trinajstić information content (AvgIpc) is 3.04. The van der Waals surface area contributed by atoms with Crippen molar-refractivity contribution in [3.63, 3.8) is 0 Å². The number of nitrogens with one attached hydrogen (secondary N) is 1. The van der Waals surface area contributed by atoms with Gasteiger partial charge < -0.3 is 15.1 Å². The minimum Gasteiger partial charge on any atom is -0.354 e. The lowest BCUT2D eigenvalue weighted by atomic mass is 9.92. The molecule has 5 nitrogen and oxygen atoms in total. The molecule has 2 aromatic carbocycles. The van der Waals surface area contributed by atoms with Crippen LogP contribution >= 0.6 is 0 Å². The molecule has 2 amide bonds. The van der Waals surface area contributed by atoms with Crippen molar-refractivity contribution in [3.8, 4) is 0 Å². The highest BCUT2D eigenvalue weighted by Crippen LogP contribution is 2.35. The van der Waals surface area contributed by atoms with Gasteiger partial charge in [0.2, 0.25) is 5.91 Å². The van der Waals surface area contributed by atoms with E-state index in [1.807, 2.05) is 55.5 Å². The molecule has 0 bridgehead atoms. The first-order valence-electron chi connectivity index (χ1n) is 11.9. The Morgan fingerprint density at radius 1 is 1.03 bits per heavy atom. The Morgan fingerprint density at radius 3 is 2.44 bits per heavy atom. The summed E-state index contributed by atoms with van der Waals surface area (Å²) in [5.41, 5.74) is 3.65. The molecule has 1 fully saturated rings. The Labute approximate surface area is 191 Å². The highest BCUT2D eigenvalue weighted by molar-refractivity contribution is 6.04. The smallest absolute Gasteiger partial charge is 0.255 e. The van der Waals surface area contributed by atoms with Crippen molar-refractivity contribution in [2.45, 2.75) is 46.2 Å². The predicted octanol–water partition coefficient (Wildman–Crippen LogP) is 4.18. The van der Waals surface area contributed by atoms with Crippen LogP contribution in [0.4, 0.5) is 0 Å². The zero-order valence-electron chi connectivity index (χ0n) is 19.5. The van der Waals surface area contributed by atoms with E-state index < -0.39 is 6.04 Å². The van der Waals surface area contributed by atoms with Crippen LogP contribution in [0.3, 0.4) is 0 Å². The fourth-order valence-corrected chi connectivity index (χ4v) is 5.29. The van der Waals surface area contributed by atoms with Crippen LogP contribution in [0.5, 0.6) is 0 Å². The first-order chi connectivity index (χ1) is 15.4. The third-order valence-electron chi connectivity index (χ3n) is 6.68. The SMILES string of the molecule is Cc1ccc(CN2C(=O)c3ccccc3[C@@H]2C(=O)NCCCN2C[C@H](C)C[C@H](C)C2)cc1. The number of rotatable bonds is 7. The quantitative estimate of drug-likeness (QED) is 0.667. The number of carbonyl (C=O) groups is 2. The number of nitrogens with zero attached hydrogens (tertiary/aromatic N) is 2. The van der Waals surface area contributed by atoms with E-state index in [1.54, 1.807) is 4.90 Å². The Kier molecular flexibility index (Phi) is 6.95. The largest absolute Gasteiger partial charge is 0.354 e. The standard InChI is InChI=1S/C27H35N3O2/c1-19-9-11-22(12-10-19)18-30-25(23-7-4-5-8-24(23)27(30)32)26(31)28-13-6-14-29-16-20(2)15-21(3)17-29/h4-5,7-12,20-21,25H,6,13-18H2,1-3H3,(H,28,31)/t20-,21+,25-/m1/s1. The van der Waals surface area contributed by atoms with E-state index in [0.717, 1.165) is 49.0 Å². The molecule has 0 aliphatic carbocycles. The highest BCUT2D eigenvalue weighted by Gasteiger charge is 2.40. The van der Waals surface area contributed by atoms with Gasteiger partial charge in [-0.1, -0.05) is 61.9 Å². The van der Waals surface area contributed by atoms with E-state index in [-0.39, 0.29) is 11.8 Å². The fraction of sp³-hybridized carbons (Fsp3) is 0.481. The topological polar surface area (TPSA) is 52.7 Å². The van der Waals surface area contributed by atoms with Gasteiger partial charge in [0.15, 0.2) is 0 Å². The van der Waals surface area contributed by atoms with Gasteiger partial charge in [-0.05, 0) is 55.3 Å². The Morgan fingerprint density at radius 2 is 1.72 bits per heavy atom. The molecule has 0 saturated carbocycles. The maximum atomic E-state index is 13.2. The number of aryl methyl sites for hydroxylation is 1. The molecule has 1 saturated heterocycles. The van der Waals surface area contributed by atoms with Gasteiger partial charge in [0.1, 0.15) is 6.04 Å². The number of carbonyl (C=O) groups excluding carboxylic acids is 2. The van der Waals surface area contributed by atoms with Gasteiger partial charge in [0, 0.05) is 31.7 Å². The van der Waals surface area contributed by atoms with Crippen LogP contribution in [-0.2, 0) is 11.3 Å². The van der Waals surface area contributed by atoms with Crippen LogP contribution in [0.15, 0.2) is 48.5 Å². The molecule has 170 valence electrons. The molecule has 3 atom stereocenters. The summed E-state index contributed by atoms with van der Waals surface area (Å²) in [5, 5.41) is 3.11. The van der Waals surface area contributed by atoms with Gasteiger partial charge in [0.05, 0.1) is 0 Å². The van der Waals surface area contributed by atoms with Gasteiger partial charge in [-0.3, -0.25) is 9.59 Å². The van der Waals surface area contributed by atoms with E-state index in [0.29, 0.717) is 18.7 Å². The second-order valence-electron chi connectivity index (χ2n) is 9.76. The van der Waals surface area contributed by atoms with Gasteiger partial charge >= 0.3 is 0 Å². The molecule has 2 heterocycles.